The van der Waals surface area contributed by atoms with Crippen LogP contribution in [0.3, 0.4) is 0 Å². The number of para-hydroxylation sites is 1. The standard InChI is InChI=1S/C22H21N3O2/c1-15-8-3-6-13-20(15)23-21(26)14-16(2)24-25-22(27)19-12-7-10-17-9-4-5-11-18(17)19/h3-13H,14H2,1-2H3,(H,23,26)(H,25,27). The van der Waals surface area contributed by atoms with E-state index >= 15 is 0 Å². The van der Waals surface area contributed by atoms with Gasteiger partial charge in [-0.05, 0) is 42.3 Å². The van der Waals surface area contributed by atoms with Crippen molar-refractivity contribution < 1.29 is 9.59 Å². The summed E-state index contributed by atoms with van der Waals surface area (Å²) in [6, 6.07) is 20.8. The molecule has 0 saturated carbocycles. The van der Waals surface area contributed by atoms with Crippen molar-refractivity contribution in [3.8, 4) is 0 Å². The van der Waals surface area contributed by atoms with Gasteiger partial charge in [-0.2, -0.15) is 5.10 Å². The van der Waals surface area contributed by atoms with Gasteiger partial charge in [0.15, 0.2) is 0 Å². The van der Waals surface area contributed by atoms with Crippen LogP contribution in [0.2, 0.25) is 0 Å². The molecule has 5 heteroatoms. The van der Waals surface area contributed by atoms with Gasteiger partial charge in [0, 0.05) is 17.0 Å². The van der Waals surface area contributed by atoms with Crippen LogP contribution >= 0.6 is 0 Å². The smallest absolute Gasteiger partial charge is 0.271 e. The number of nitrogens with zero attached hydrogens (tertiary/aromatic N) is 1. The molecule has 0 spiro atoms. The molecule has 3 aromatic carbocycles. The summed E-state index contributed by atoms with van der Waals surface area (Å²) in [5.41, 5.74) is 5.38. The van der Waals surface area contributed by atoms with E-state index in [0.29, 0.717) is 11.3 Å². The number of benzene rings is 3. The molecule has 0 bridgehead atoms. The average molecular weight is 359 g/mol. The molecule has 0 aliphatic carbocycles. The zero-order valence-electron chi connectivity index (χ0n) is 15.3. The van der Waals surface area contributed by atoms with Gasteiger partial charge in [0.05, 0.1) is 6.42 Å². The lowest BCUT2D eigenvalue weighted by atomic mass is 10.0. The highest BCUT2D eigenvalue weighted by Gasteiger charge is 2.10. The molecule has 0 radical (unpaired) electrons. The van der Waals surface area contributed by atoms with Gasteiger partial charge in [0.1, 0.15) is 0 Å². The van der Waals surface area contributed by atoms with Crippen LogP contribution in [0, 0.1) is 6.92 Å². The van der Waals surface area contributed by atoms with Crippen molar-refractivity contribution in [1.82, 2.24) is 5.43 Å². The van der Waals surface area contributed by atoms with Crippen molar-refractivity contribution in [2.24, 2.45) is 5.10 Å². The van der Waals surface area contributed by atoms with Gasteiger partial charge >= 0.3 is 0 Å². The Morgan fingerprint density at radius 1 is 0.926 bits per heavy atom. The van der Waals surface area contributed by atoms with E-state index in [9.17, 15) is 9.59 Å². The molecule has 0 saturated heterocycles. The first-order valence-corrected chi connectivity index (χ1v) is 8.71. The molecule has 2 N–H and O–H groups in total. The molecule has 0 unspecified atom stereocenters. The van der Waals surface area contributed by atoms with Gasteiger partial charge < -0.3 is 5.32 Å². The number of hydrogen-bond donors (Lipinski definition) is 2. The van der Waals surface area contributed by atoms with E-state index < -0.39 is 0 Å². The molecule has 27 heavy (non-hydrogen) atoms. The summed E-state index contributed by atoms with van der Waals surface area (Å²) in [5, 5.41) is 8.77. The van der Waals surface area contributed by atoms with Crippen LogP contribution in [0.5, 0.6) is 0 Å². The maximum atomic E-state index is 12.5. The third kappa shape index (κ3) is 4.58. The van der Waals surface area contributed by atoms with Gasteiger partial charge in [-0.3, -0.25) is 9.59 Å². The predicted molar refractivity (Wildman–Crippen MR) is 109 cm³/mol. The summed E-state index contributed by atoms with van der Waals surface area (Å²) < 4.78 is 0. The number of aryl methyl sites for hydroxylation is 1. The minimum Gasteiger partial charge on any atom is -0.326 e. The monoisotopic (exact) mass is 359 g/mol. The molecule has 136 valence electrons. The largest absolute Gasteiger partial charge is 0.326 e. The highest BCUT2D eigenvalue weighted by Crippen LogP contribution is 2.18. The zero-order valence-corrected chi connectivity index (χ0v) is 15.3. The van der Waals surface area contributed by atoms with Gasteiger partial charge in [-0.1, -0.05) is 54.6 Å². The van der Waals surface area contributed by atoms with Crippen molar-refractivity contribution in [2.45, 2.75) is 20.3 Å². The van der Waals surface area contributed by atoms with Gasteiger partial charge in [0.2, 0.25) is 5.91 Å². The van der Waals surface area contributed by atoms with E-state index in [1.54, 1.807) is 13.0 Å². The number of fused-ring (bicyclic) bond motifs is 1. The molecule has 0 atom stereocenters. The number of carbonyl (C=O) groups is 2. The van der Waals surface area contributed by atoms with Crippen molar-refractivity contribution in [3.63, 3.8) is 0 Å². The fourth-order valence-electron chi connectivity index (χ4n) is 2.81. The lowest BCUT2D eigenvalue weighted by Gasteiger charge is -2.08. The Bertz CT molecular complexity index is 1020. The average Bonchev–Trinajstić information content (AvgIpc) is 2.67. The highest BCUT2D eigenvalue weighted by molar-refractivity contribution is 6.08. The van der Waals surface area contributed by atoms with Crippen LogP contribution < -0.4 is 10.7 Å². The Morgan fingerprint density at radius 3 is 2.44 bits per heavy atom. The summed E-state index contributed by atoms with van der Waals surface area (Å²) in [7, 11) is 0. The minimum absolute atomic E-state index is 0.101. The van der Waals surface area contributed by atoms with Crippen molar-refractivity contribution in [2.75, 3.05) is 5.32 Å². The van der Waals surface area contributed by atoms with Crippen molar-refractivity contribution in [3.05, 3.63) is 77.9 Å². The molecule has 5 nitrogen and oxygen atoms in total. The molecular formula is C22H21N3O2. The van der Waals surface area contributed by atoms with Crippen molar-refractivity contribution in [1.29, 1.82) is 0 Å². The number of nitrogens with one attached hydrogen (secondary N) is 2. The predicted octanol–water partition coefficient (Wildman–Crippen LogP) is 4.28. The summed E-state index contributed by atoms with van der Waals surface area (Å²) in [6.07, 6.45) is 0.101. The second kappa shape index (κ2) is 8.27. The lowest BCUT2D eigenvalue weighted by Crippen LogP contribution is -2.21. The first kappa shape index (κ1) is 18.3. The highest BCUT2D eigenvalue weighted by atomic mass is 16.2. The Kier molecular flexibility index (Phi) is 5.61. The molecule has 3 aromatic rings. The summed E-state index contributed by atoms with van der Waals surface area (Å²) in [4.78, 5) is 24.6. The minimum atomic E-state index is -0.300. The van der Waals surface area contributed by atoms with Crippen LogP contribution in [-0.4, -0.2) is 17.5 Å². The Balaban J connectivity index is 1.64. The third-order valence-corrected chi connectivity index (χ3v) is 4.22. The topological polar surface area (TPSA) is 70.6 Å². The fraction of sp³-hybridized carbons (Fsp3) is 0.136. The second-order valence-electron chi connectivity index (χ2n) is 6.35. The molecule has 0 aromatic heterocycles. The fourth-order valence-corrected chi connectivity index (χ4v) is 2.81. The molecule has 0 aliphatic rings. The molecule has 0 heterocycles. The van der Waals surface area contributed by atoms with Gasteiger partial charge in [-0.25, -0.2) is 5.43 Å². The van der Waals surface area contributed by atoms with Crippen LogP contribution in [-0.2, 0) is 4.79 Å². The maximum absolute atomic E-state index is 12.5. The van der Waals surface area contributed by atoms with E-state index in [0.717, 1.165) is 22.0 Å². The van der Waals surface area contributed by atoms with Crippen LogP contribution in [0.15, 0.2) is 71.8 Å². The second-order valence-corrected chi connectivity index (χ2v) is 6.35. The third-order valence-electron chi connectivity index (χ3n) is 4.22. The van der Waals surface area contributed by atoms with E-state index in [2.05, 4.69) is 15.8 Å². The molecule has 3 rings (SSSR count). The maximum Gasteiger partial charge on any atom is 0.271 e. The van der Waals surface area contributed by atoms with E-state index in [1.807, 2.05) is 67.6 Å². The summed E-state index contributed by atoms with van der Waals surface area (Å²) >= 11 is 0. The molecular weight excluding hydrogens is 338 g/mol. The molecule has 0 aliphatic heterocycles. The zero-order chi connectivity index (χ0) is 19.2. The first-order chi connectivity index (χ1) is 13.0. The van der Waals surface area contributed by atoms with Crippen LogP contribution in [0.4, 0.5) is 5.69 Å². The van der Waals surface area contributed by atoms with Gasteiger partial charge in [-0.15, -0.1) is 0 Å². The summed E-state index contributed by atoms with van der Waals surface area (Å²) in [5.74, 6) is -0.476. The first-order valence-electron chi connectivity index (χ1n) is 8.71. The van der Waals surface area contributed by atoms with Crippen LogP contribution in [0.1, 0.15) is 29.3 Å². The van der Waals surface area contributed by atoms with E-state index in [4.69, 9.17) is 0 Å². The number of hydrogen-bond acceptors (Lipinski definition) is 3. The Morgan fingerprint density at radius 2 is 1.63 bits per heavy atom. The van der Waals surface area contributed by atoms with Gasteiger partial charge in [0.25, 0.3) is 5.91 Å². The van der Waals surface area contributed by atoms with E-state index in [-0.39, 0.29) is 18.2 Å². The number of amides is 2. The van der Waals surface area contributed by atoms with Crippen LogP contribution in [0.25, 0.3) is 10.8 Å². The normalized spacial score (nSPS) is 11.3. The number of hydrazone groups is 1. The summed E-state index contributed by atoms with van der Waals surface area (Å²) in [6.45, 7) is 3.64. The van der Waals surface area contributed by atoms with E-state index in [1.165, 1.54) is 0 Å². The molecule has 0 fully saturated rings. The Hall–Kier alpha value is -3.47. The lowest BCUT2D eigenvalue weighted by molar-refractivity contribution is -0.115. The number of rotatable bonds is 5. The number of anilines is 1. The SMILES string of the molecule is CC(CC(=O)Nc1ccccc1C)=NNC(=O)c1cccc2ccccc12. The number of carbonyl (C=O) groups excluding carboxylic acids is 2. The van der Waals surface area contributed by atoms with Crippen molar-refractivity contribution >= 4 is 34.0 Å². The quantitative estimate of drug-likeness (QED) is 0.527. The Labute approximate surface area is 158 Å². The molecule has 2 amide bonds.